The Hall–Kier alpha value is -0.610. The number of hydrogen-bond acceptors (Lipinski definition) is 4. The van der Waals surface area contributed by atoms with Crippen LogP contribution in [0.2, 0.25) is 0 Å². The molecule has 5 aliphatic rings. The summed E-state index contributed by atoms with van der Waals surface area (Å²) in [5, 5.41) is 12.1. The molecule has 0 aromatic carbocycles. The maximum Gasteiger partial charge on any atom is 0.305 e. The van der Waals surface area contributed by atoms with Crippen molar-refractivity contribution < 1.29 is 14.6 Å². The summed E-state index contributed by atoms with van der Waals surface area (Å²) >= 11 is 0. The number of methoxy groups -OCH3 is 1. The number of piperidine rings is 1. The first-order chi connectivity index (χ1) is 12.9. The SMILES string of the molecule is COC(=O)CC[C@@]12[C@@H]3CCC[C@H]3CC[C@@]3(O)CN4CC(C)[C@@H](CC[C@@]31C)[C@H]42. The fourth-order valence-corrected chi connectivity index (χ4v) is 9.19. The molecule has 2 saturated heterocycles. The lowest BCUT2D eigenvalue weighted by Gasteiger charge is -2.70. The topological polar surface area (TPSA) is 49.8 Å². The van der Waals surface area contributed by atoms with Crippen molar-refractivity contribution in [3.8, 4) is 0 Å². The zero-order chi connectivity index (χ0) is 19.0. The van der Waals surface area contributed by atoms with Gasteiger partial charge in [-0.3, -0.25) is 9.69 Å². The van der Waals surface area contributed by atoms with Crippen molar-refractivity contribution in [3.05, 3.63) is 0 Å². The van der Waals surface area contributed by atoms with E-state index in [1.807, 2.05) is 0 Å². The molecule has 0 aromatic rings. The number of fused-ring (bicyclic) bond motifs is 1. The van der Waals surface area contributed by atoms with E-state index in [1.54, 1.807) is 0 Å². The number of ether oxygens (including phenoxy) is 1. The summed E-state index contributed by atoms with van der Waals surface area (Å²) in [7, 11) is 1.51. The van der Waals surface area contributed by atoms with Gasteiger partial charge < -0.3 is 9.84 Å². The van der Waals surface area contributed by atoms with Crippen LogP contribution >= 0.6 is 0 Å². The van der Waals surface area contributed by atoms with Crippen LogP contribution in [0.1, 0.15) is 71.6 Å². The van der Waals surface area contributed by atoms with Crippen LogP contribution in [0.15, 0.2) is 0 Å². The second-order valence-electron chi connectivity index (χ2n) is 10.9. The number of carbonyl (C=O) groups excluding carboxylic acids is 1. The van der Waals surface area contributed by atoms with Gasteiger partial charge in [-0.2, -0.15) is 0 Å². The Morgan fingerprint density at radius 3 is 2.81 bits per heavy atom. The van der Waals surface area contributed by atoms with Gasteiger partial charge in [0.15, 0.2) is 0 Å². The minimum absolute atomic E-state index is 0.0690. The Morgan fingerprint density at radius 2 is 2.04 bits per heavy atom. The zero-order valence-corrected chi connectivity index (χ0v) is 17.4. The lowest BCUT2D eigenvalue weighted by Crippen LogP contribution is -2.75. The molecule has 4 heteroatoms. The predicted octanol–water partition coefficient (Wildman–Crippen LogP) is 3.62. The number of nitrogens with zero attached hydrogens (tertiary/aromatic N) is 1. The monoisotopic (exact) mass is 375 g/mol. The molecule has 8 atom stereocenters. The quantitative estimate of drug-likeness (QED) is 0.766. The van der Waals surface area contributed by atoms with Crippen LogP contribution < -0.4 is 0 Å². The molecular weight excluding hydrogens is 338 g/mol. The smallest absolute Gasteiger partial charge is 0.305 e. The summed E-state index contributed by atoms with van der Waals surface area (Å²) in [5.41, 5.74) is -0.599. The number of hydrogen-bond donors (Lipinski definition) is 1. The molecule has 0 amide bonds. The largest absolute Gasteiger partial charge is 0.469 e. The summed E-state index contributed by atoms with van der Waals surface area (Å²) in [4.78, 5) is 14.9. The molecule has 0 aromatic heterocycles. The van der Waals surface area contributed by atoms with Crippen LogP contribution in [0.5, 0.6) is 0 Å². The van der Waals surface area contributed by atoms with Gasteiger partial charge in [0.05, 0.1) is 12.7 Å². The van der Waals surface area contributed by atoms with E-state index in [2.05, 4.69) is 18.7 Å². The molecule has 3 aliphatic carbocycles. The first-order valence-electron chi connectivity index (χ1n) is 11.4. The van der Waals surface area contributed by atoms with Crippen molar-refractivity contribution >= 4 is 5.97 Å². The van der Waals surface area contributed by atoms with Crippen LogP contribution in [0.3, 0.4) is 0 Å². The Balaban J connectivity index is 1.69. The van der Waals surface area contributed by atoms with Crippen molar-refractivity contribution in [2.45, 2.75) is 83.3 Å². The first kappa shape index (κ1) is 18.4. The molecule has 4 bridgehead atoms. The fourth-order valence-electron chi connectivity index (χ4n) is 9.19. The summed E-state index contributed by atoms with van der Waals surface area (Å²) < 4.78 is 5.07. The standard InChI is InChI=1S/C23H37NO3/c1-15-13-24-14-22(26)11-7-16-5-4-6-18(16)23(12-9-19(25)27-3)20(24)17(15)8-10-21(22,23)2/h15-18,20,26H,4-14H2,1-3H3/t15?,16-,17+,18+,20-,21-,22+,23-/m0/s1. The third-order valence-electron chi connectivity index (χ3n) is 10.3. The third kappa shape index (κ3) is 2.15. The van der Waals surface area contributed by atoms with Crippen molar-refractivity contribution in [2.75, 3.05) is 20.2 Å². The van der Waals surface area contributed by atoms with Gasteiger partial charge in [0.25, 0.3) is 0 Å². The van der Waals surface area contributed by atoms with Crippen molar-refractivity contribution in [1.29, 1.82) is 0 Å². The predicted molar refractivity (Wildman–Crippen MR) is 104 cm³/mol. The van der Waals surface area contributed by atoms with Crippen molar-refractivity contribution in [2.24, 2.45) is 34.5 Å². The van der Waals surface area contributed by atoms with E-state index in [1.165, 1.54) is 39.2 Å². The Kier molecular flexibility index (Phi) is 4.06. The van der Waals surface area contributed by atoms with Gasteiger partial charge in [-0.05, 0) is 67.6 Å². The second kappa shape index (κ2) is 5.95. The molecule has 152 valence electrons. The van der Waals surface area contributed by atoms with E-state index >= 15 is 0 Å². The van der Waals surface area contributed by atoms with Gasteiger partial charge in [-0.1, -0.05) is 26.7 Å². The van der Waals surface area contributed by atoms with E-state index in [0.29, 0.717) is 24.3 Å². The molecule has 2 heterocycles. The summed E-state index contributed by atoms with van der Waals surface area (Å²) in [6, 6.07) is 0.555. The molecule has 3 saturated carbocycles. The van der Waals surface area contributed by atoms with E-state index in [4.69, 9.17) is 4.74 Å². The average Bonchev–Trinajstić information content (AvgIpc) is 3.23. The van der Waals surface area contributed by atoms with Gasteiger partial charge in [-0.15, -0.1) is 0 Å². The van der Waals surface area contributed by atoms with Crippen LogP contribution in [-0.2, 0) is 9.53 Å². The lowest BCUT2D eigenvalue weighted by atomic mass is 9.40. The van der Waals surface area contributed by atoms with E-state index in [-0.39, 0.29) is 16.8 Å². The van der Waals surface area contributed by atoms with Gasteiger partial charge in [0.2, 0.25) is 0 Å². The molecule has 1 unspecified atom stereocenters. The van der Waals surface area contributed by atoms with Crippen LogP contribution in [0.4, 0.5) is 0 Å². The van der Waals surface area contributed by atoms with Gasteiger partial charge in [0, 0.05) is 31.0 Å². The lowest BCUT2D eigenvalue weighted by molar-refractivity contribution is -0.260. The third-order valence-corrected chi connectivity index (χ3v) is 10.3. The minimum atomic E-state index is -0.598. The fraction of sp³-hybridized carbons (Fsp3) is 0.957. The molecule has 5 fully saturated rings. The molecule has 1 N–H and O–H groups in total. The number of carbonyl (C=O) groups is 1. The molecule has 4 nitrogen and oxygen atoms in total. The number of aliphatic hydroxyl groups is 1. The van der Waals surface area contributed by atoms with Crippen molar-refractivity contribution in [3.63, 3.8) is 0 Å². The highest BCUT2D eigenvalue weighted by Gasteiger charge is 2.75. The van der Waals surface area contributed by atoms with Gasteiger partial charge in [-0.25, -0.2) is 0 Å². The summed E-state index contributed by atoms with van der Waals surface area (Å²) in [5.74, 6) is 2.78. The molecule has 0 spiro atoms. The highest BCUT2D eigenvalue weighted by molar-refractivity contribution is 5.69. The van der Waals surface area contributed by atoms with Crippen LogP contribution in [0, 0.1) is 34.5 Å². The van der Waals surface area contributed by atoms with E-state index < -0.39 is 5.60 Å². The Labute approximate surface area is 164 Å². The Morgan fingerprint density at radius 1 is 1.22 bits per heavy atom. The van der Waals surface area contributed by atoms with E-state index in [9.17, 15) is 9.90 Å². The van der Waals surface area contributed by atoms with Crippen LogP contribution in [-0.4, -0.2) is 47.8 Å². The maximum absolute atomic E-state index is 12.2. The molecule has 0 radical (unpaired) electrons. The highest BCUT2D eigenvalue weighted by Crippen LogP contribution is 2.74. The maximum atomic E-state index is 12.2. The summed E-state index contributed by atoms with van der Waals surface area (Å²) in [6.45, 7) is 6.83. The van der Waals surface area contributed by atoms with Crippen molar-refractivity contribution in [1.82, 2.24) is 4.90 Å². The average molecular weight is 376 g/mol. The summed E-state index contributed by atoms with van der Waals surface area (Å²) in [6.07, 6.45) is 9.88. The number of esters is 1. The van der Waals surface area contributed by atoms with Crippen LogP contribution in [0.25, 0.3) is 0 Å². The normalized spacial score (nSPS) is 53.7. The minimum Gasteiger partial charge on any atom is -0.469 e. The van der Waals surface area contributed by atoms with Gasteiger partial charge >= 0.3 is 5.97 Å². The van der Waals surface area contributed by atoms with E-state index in [0.717, 1.165) is 44.2 Å². The Bertz CT molecular complexity index is 637. The second-order valence-corrected chi connectivity index (χ2v) is 10.9. The molecule has 2 aliphatic heterocycles. The highest BCUT2D eigenvalue weighted by atomic mass is 16.5. The molecule has 27 heavy (non-hydrogen) atoms. The molecular formula is C23H37NO3. The number of rotatable bonds is 3. The van der Waals surface area contributed by atoms with Gasteiger partial charge in [0.1, 0.15) is 0 Å². The molecule has 5 rings (SSSR count). The first-order valence-corrected chi connectivity index (χ1v) is 11.4. The zero-order valence-electron chi connectivity index (χ0n) is 17.4.